The monoisotopic (exact) mass is 240 g/mol. The van der Waals surface area contributed by atoms with E-state index >= 15 is 0 Å². The van der Waals surface area contributed by atoms with Crippen molar-refractivity contribution < 1.29 is 0 Å². The van der Waals surface area contributed by atoms with Crippen LogP contribution in [0, 0.1) is 12.3 Å². The Morgan fingerprint density at radius 2 is 1.94 bits per heavy atom. The molecule has 0 atom stereocenters. The molecule has 4 heteroatoms. The molecule has 0 unspecified atom stereocenters. The van der Waals surface area contributed by atoms with Gasteiger partial charge in [0.15, 0.2) is 0 Å². The fourth-order valence-corrected chi connectivity index (χ4v) is 1.95. The van der Waals surface area contributed by atoms with E-state index in [0.717, 1.165) is 11.4 Å². The molecule has 4 nitrogen and oxygen atoms in total. The van der Waals surface area contributed by atoms with Crippen molar-refractivity contribution in [2.75, 3.05) is 11.9 Å². The second-order valence-corrected chi connectivity index (χ2v) is 4.15. The van der Waals surface area contributed by atoms with Crippen LogP contribution in [0.1, 0.15) is 11.1 Å². The molecule has 1 aromatic heterocycles. The quantitative estimate of drug-likeness (QED) is 0.639. The summed E-state index contributed by atoms with van der Waals surface area (Å²) in [7, 11) is 1.95. The number of nitrogens with one attached hydrogen (secondary N) is 1. The molecule has 0 bridgehead atoms. The zero-order valence-electron chi connectivity index (χ0n) is 10.5. The van der Waals surface area contributed by atoms with Gasteiger partial charge in [0.25, 0.3) is 0 Å². The van der Waals surface area contributed by atoms with Gasteiger partial charge in [-0.15, -0.1) is 0 Å². The lowest BCUT2D eigenvalue weighted by molar-refractivity contribution is 1.15. The highest BCUT2D eigenvalue weighted by atomic mass is 15.1. The lowest BCUT2D eigenvalue weighted by atomic mass is 10.1. The van der Waals surface area contributed by atoms with Crippen LogP contribution in [0.15, 0.2) is 42.7 Å². The molecular formula is C14H16N4. The molecule has 0 radical (unpaired) electrons. The smallest absolute Gasteiger partial charge is 0.125 e. The number of rotatable bonds is 3. The van der Waals surface area contributed by atoms with Gasteiger partial charge in [-0.1, -0.05) is 18.2 Å². The van der Waals surface area contributed by atoms with Crippen molar-refractivity contribution in [1.29, 1.82) is 5.41 Å². The highest BCUT2D eigenvalue weighted by Gasteiger charge is 2.12. The summed E-state index contributed by atoms with van der Waals surface area (Å²) in [4.78, 5) is 6.11. The fraction of sp³-hybridized carbons (Fsp3) is 0.143. The molecular weight excluding hydrogens is 224 g/mol. The third-order valence-corrected chi connectivity index (χ3v) is 2.93. The lowest BCUT2D eigenvalue weighted by Crippen LogP contribution is -2.19. The number of nitrogens with two attached hydrogens (primary N) is 1. The molecule has 2 aromatic rings. The van der Waals surface area contributed by atoms with Gasteiger partial charge in [-0.25, -0.2) is 0 Å². The number of nitrogen functional groups attached to an aromatic ring is 1. The Morgan fingerprint density at radius 1 is 1.22 bits per heavy atom. The highest BCUT2D eigenvalue weighted by molar-refractivity contribution is 6.01. The van der Waals surface area contributed by atoms with Gasteiger partial charge in [-0.2, -0.15) is 0 Å². The molecule has 18 heavy (non-hydrogen) atoms. The summed E-state index contributed by atoms with van der Waals surface area (Å²) in [6.45, 7) is 2.05. The number of anilines is 2. The van der Waals surface area contributed by atoms with E-state index in [-0.39, 0.29) is 5.84 Å². The molecule has 0 aliphatic heterocycles. The standard InChI is InChI=1S/C14H16N4/c1-10-5-3-4-6-12(10)18(2)13-9-17-8-7-11(13)14(15)16/h3-9H,1-2H3,(H3,15,16). The van der Waals surface area contributed by atoms with E-state index in [1.54, 1.807) is 18.5 Å². The van der Waals surface area contributed by atoms with E-state index in [2.05, 4.69) is 18.0 Å². The van der Waals surface area contributed by atoms with Crippen LogP contribution in [0.3, 0.4) is 0 Å². The summed E-state index contributed by atoms with van der Waals surface area (Å²) in [5.74, 6) is 0.0489. The number of aryl methyl sites for hydroxylation is 1. The summed E-state index contributed by atoms with van der Waals surface area (Å²) in [6.07, 6.45) is 3.37. The summed E-state index contributed by atoms with van der Waals surface area (Å²) in [5.41, 5.74) is 9.36. The van der Waals surface area contributed by atoms with Gasteiger partial charge in [0, 0.05) is 24.5 Å². The third kappa shape index (κ3) is 2.18. The van der Waals surface area contributed by atoms with E-state index in [0.29, 0.717) is 5.56 Å². The molecule has 0 fully saturated rings. The predicted molar refractivity (Wildman–Crippen MR) is 74.5 cm³/mol. The molecule has 0 aliphatic carbocycles. The van der Waals surface area contributed by atoms with E-state index < -0.39 is 0 Å². The first-order chi connectivity index (χ1) is 8.61. The highest BCUT2D eigenvalue weighted by Crippen LogP contribution is 2.28. The van der Waals surface area contributed by atoms with Crippen molar-refractivity contribution in [2.24, 2.45) is 5.73 Å². The van der Waals surface area contributed by atoms with Gasteiger partial charge < -0.3 is 10.6 Å². The fourth-order valence-electron chi connectivity index (χ4n) is 1.95. The van der Waals surface area contributed by atoms with Crippen LogP contribution in [0.25, 0.3) is 0 Å². The maximum absolute atomic E-state index is 7.61. The maximum Gasteiger partial charge on any atom is 0.125 e. The molecule has 0 aliphatic rings. The molecule has 1 aromatic carbocycles. The van der Waals surface area contributed by atoms with E-state index in [4.69, 9.17) is 11.1 Å². The number of amidine groups is 1. The first-order valence-corrected chi connectivity index (χ1v) is 5.69. The number of nitrogens with zero attached hydrogens (tertiary/aromatic N) is 2. The maximum atomic E-state index is 7.61. The SMILES string of the molecule is Cc1ccccc1N(C)c1cnccc1C(=N)N. The Morgan fingerprint density at radius 3 is 2.61 bits per heavy atom. The summed E-state index contributed by atoms with van der Waals surface area (Å²) in [5, 5.41) is 7.61. The van der Waals surface area contributed by atoms with E-state index in [1.807, 2.05) is 30.1 Å². The largest absolute Gasteiger partial charge is 0.384 e. The van der Waals surface area contributed by atoms with Crippen molar-refractivity contribution in [3.8, 4) is 0 Å². The minimum atomic E-state index is 0.0489. The number of hydrogen-bond acceptors (Lipinski definition) is 3. The van der Waals surface area contributed by atoms with Crippen LogP contribution in [0.2, 0.25) is 0 Å². The van der Waals surface area contributed by atoms with E-state index in [1.165, 1.54) is 5.56 Å². The summed E-state index contributed by atoms with van der Waals surface area (Å²) in [6, 6.07) is 9.83. The zero-order chi connectivity index (χ0) is 13.1. The van der Waals surface area contributed by atoms with Crippen LogP contribution < -0.4 is 10.6 Å². The molecule has 1 heterocycles. The van der Waals surface area contributed by atoms with Gasteiger partial charge in [-0.3, -0.25) is 10.4 Å². The average molecular weight is 240 g/mol. The molecule has 92 valence electrons. The minimum absolute atomic E-state index is 0.0489. The molecule has 3 N–H and O–H groups in total. The van der Waals surface area contributed by atoms with Crippen molar-refractivity contribution in [2.45, 2.75) is 6.92 Å². The Bertz CT molecular complexity index is 578. The van der Waals surface area contributed by atoms with Crippen molar-refractivity contribution in [1.82, 2.24) is 4.98 Å². The average Bonchev–Trinajstić information content (AvgIpc) is 2.38. The van der Waals surface area contributed by atoms with Crippen LogP contribution in [-0.4, -0.2) is 17.9 Å². The van der Waals surface area contributed by atoms with E-state index in [9.17, 15) is 0 Å². The van der Waals surface area contributed by atoms with Gasteiger partial charge in [0.1, 0.15) is 5.84 Å². The molecule has 2 rings (SSSR count). The number of aromatic nitrogens is 1. The second kappa shape index (κ2) is 4.87. The van der Waals surface area contributed by atoms with Gasteiger partial charge in [0.2, 0.25) is 0 Å². The van der Waals surface area contributed by atoms with Crippen molar-refractivity contribution in [3.05, 3.63) is 53.9 Å². The summed E-state index contributed by atoms with van der Waals surface area (Å²) < 4.78 is 0. The normalized spacial score (nSPS) is 10.1. The zero-order valence-corrected chi connectivity index (χ0v) is 10.5. The molecule has 0 spiro atoms. The summed E-state index contributed by atoms with van der Waals surface area (Å²) >= 11 is 0. The van der Waals surface area contributed by atoms with Crippen LogP contribution in [0.4, 0.5) is 11.4 Å². The van der Waals surface area contributed by atoms with Gasteiger partial charge in [-0.05, 0) is 24.6 Å². The number of para-hydroxylation sites is 1. The Labute approximate surface area is 107 Å². The number of benzene rings is 1. The van der Waals surface area contributed by atoms with Gasteiger partial charge in [0.05, 0.1) is 11.9 Å². The van der Waals surface area contributed by atoms with Crippen LogP contribution in [0.5, 0.6) is 0 Å². The number of hydrogen-bond donors (Lipinski definition) is 2. The second-order valence-electron chi connectivity index (χ2n) is 4.15. The van der Waals surface area contributed by atoms with Gasteiger partial charge >= 0.3 is 0 Å². The Hall–Kier alpha value is -2.36. The predicted octanol–water partition coefficient (Wildman–Crippen LogP) is 2.44. The Balaban J connectivity index is 2.50. The minimum Gasteiger partial charge on any atom is -0.384 e. The van der Waals surface area contributed by atoms with Crippen molar-refractivity contribution in [3.63, 3.8) is 0 Å². The lowest BCUT2D eigenvalue weighted by Gasteiger charge is -2.23. The topological polar surface area (TPSA) is 66.0 Å². The molecule has 0 saturated carbocycles. The van der Waals surface area contributed by atoms with Crippen LogP contribution >= 0.6 is 0 Å². The molecule has 0 amide bonds. The molecule has 0 saturated heterocycles. The number of pyridine rings is 1. The first kappa shape index (κ1) is 12.1. The van der Waals surface area contributed by atoms with Crippen LogP contribution in [-0.2, 0) is 0 Å². The Kier molecular flexibility index (Phi) is 3.28. The van der Waals surface area contributed by atoms with Crippen molar-refractivity contribution >= 4 is 17.2 Å². The first-order valence-electron chi connectivity index (χ1n) is 5.69. The third-order valence-electron chi connectivity index (χ3n) is 2.93.